The van der Waals surface area contributed by atoms with Gasteiger partial charge < -0.3 is 9.64 Å². The first-order valence-corrected chi connectivity index (χ1v) is 12.3. The predicted molar refractivity (Wildman–Crippen MR) is 119 cm³/mol. The first-order valence-electron chi connectivity index (χ1n) is 10.9. The van der Waals surface area contributed by atoms with E-state index in [-0.39, 0.29) is 18.1 Å². The van der Waals surface area contributed by atoms with Gasteiger partial charge in [0.2, 0.25) is 0 Å². The van der Waals surface area contributed by atoms with Crippen LogP contribution in [0.2, 0.25) is 0 Å². The van der Waals surface area contributed by atoms with E-state index in [4.69, 9.17) is 4.74 Å². The highest BCUT2D eigenvalue weighted by atomic mass is 32.2. The molecule has 0 spiro atoms. The maximum Gasteiger partial charge on any atom is 0.282 e. The van der Waals surface area contributed by atoms with E-state index in [9.17, 15) is 13.2 Å². The standard InChI is InChI=1S/C21H31N5O4S/c1-16-8-9-26(22-16)20-6-4-19(5-7-20)21(27)23-10-12-24(13-11-23)31(28,29)25-14-17(2)30-18(3)15-25/h4-7,17-18H,8-15H2,1-3H3/t17-,18-/m1/s1. The van der Waals surface area contributed by atoms with Crippen LogP contribution >= 0.6 is 0 Å². The van der Waals surface area contributed by atoms with Crippen LogP contribution in [-0.4, -0.2) is 91.6 Å². The largest absolute Gasteiger partial charge is 0.373 e. The second-order valence-corrected chi connectivity index (χ2v) is 10.5. The third-order valence-corrected chi connectivity index (χ3v) is 7.92. The summed E-state index contributed by atoms with van der Waals surface area (Å²) in [6, 6.07) is 7.47. The maximum absolute atomic E-state index is 13.0. The Balaban J connectivity index is 1.35. The Hall–Kier alpha value is -2.01. The summed E-state index contributed by atoms with van der Waals surface area (Å²) in [5.74, 6) is -0.0710. The van der Waals surface area contributed by atoms with E-state index in [0.717, 1.165) is 24.4 Å². The molecule has 10 heteroatoms. The number of piperazine rings is 1. The molecule has 0 saturated carbocycles. The molecule has 0 aliphatic carbocycles. The Bertz CT molecular complexity index is 931. The number of ether oxygens (including phenoxy) is 1. The molecule has 0 bridgehead atoms. The summed E-state index contributed by atoms with van der Waals surface area (Å²) in [4.78, 5) is 14.6. The highest BCUT2D eigenvalue weighted by Crippen LogP contribution is 2.22. The minimum Gasteiger partial charge on any atom is -0.373 e. The van der Waals surface area contributed by atoms with Gasteiger partial charge in [0, 0.05) is 63.5 Å². The van der Waals surface area contributed by atoms with Crippen LogP contribution in [0.4, 0.5) is 5.69 Å². The minimum atomic E-state index is -3.55. The number of hydrogen-bond acceptors (Lipinski definition) is 6. The van der Waals surface area contributed by atoms with E-state index in [0.29, 0.717) is 44.8 Å². The van der Waals surface area contributed by atoms with Gasteiger partial charge in [-0.05, 0) is 45.0 Å². The van der Waals surface area contributed by atoms with Crippen molar-refractivity contribution in [1.82, 2.24) is 13.5 Å². The van der Waals surface area contributed by atoms with Crippen LogP contribution in [0, 0.1) is 0 Å². The lowest BCUT2D eigenvalue weighted by Crippen LogP contribution is -2.57. The van der Waals surface area contributed by atoms with Gasteiger partial charge in [0.05, 0.1) is 17.9 Å². The number of carbonyl (C=O) groups excluding carboxylic acids is 1. The van der Waals surface area contributed by atoms with E-state index in [1.165, 1.54) is 8.61 Å². The number of hydrogen-bond donors (Lipinski definition) is 0. The van der Waals surface area contributed by atoms with Gasteiger partial charge in [-0.1, -0.05) is 0 Å². The molecular formula is C21H31N5O4S. The Morgan fingerprint density at radius 2 is 1.58 bits per heavy atom. The number of rotatable bonds is 4. The Morgan fingerprint density at radius 3 is 2.13 bits per heavy atom. The molecule has 2 atom stereocenters. The third kappa shape index (κ3) is 4.77. The summed E-state index contributed by atoms with van der Waals surface area (Å²) in [6.45, 7) is 8.72. The van der Waals surface area contributed by atoms with Gasteiger partial charge in [-0.2, -0.15) is 22.1 Å². The third-order valence-electron chi connectivity index (χ3n) is 5.95. The van der Waals surface area contributed by atoms with Crippen LogP contribution in [0.3, 0.4) is 0 Å². The van der Waals surface area contributed by atoms with E-state index in [1.54, 1.807) is 4.90 Å². The van der Waals surface area contributed by atoms with Gasteiger partial charge >= 0.3 is 0 Å². The molecule has 2 fully saturated rings. The van der Waals surface area contributed by atoms with E-state index in [2.05, 4.69) is 5.10 Å². The van der Waals surface area contributed by atoms with Crippen molar-refractivity contribution < 1.29 is 17.9 Å². The Labute approximate surface area is 184 Å². The number of morpholine rings is 1. The van der Waals surface area contributed by atoms with Gasteiger partial charge in [-0.3, -0.25) is 9.80 Å². The topological polar surface area (TPSA) is 85.8 Å². The summed E-state index contributed by atoms with van der Waals surface area (Å²) in [5.41, 5.74) is 2.68. The lowest BCUT2D eigenvalue weighted by atomic mass is 10.1. The van der Waals surface area contributed by atoms with Crippen molar-refractivity contribution in [3.63, 3.8) is 0 Å². The van der Waals surface area contributed by atoms with Crippen molar-refractivity contribution in [3.05, 3.63) is 29.8 Å². The second-order valence-electron chi connectivity index (χ2n) is 8.53. The van der Waals surface area contributed by atoms with E-state index < -0.39 is 10.2 Å². The fraction of sp³-hybridized carbons (Fsp3) is 0.619. The van der Waals surface area contributed by atoms with Crippen molar-refractivity contribution in [3.8, 4) is 0 Å². The van der Waals surface area contributed by atoms with Crippen LogP contribution in [0.25, 0.3) is 0 Å². The Kier molecular flexibility index (Phi) is 6.34. The average Bonchev–Trinajstić information content (AvgIpc) is 3.19. The fourth-order valence-corrected chi connectivity index (χ4v) is 6.07. The van der Waals surface area contributed by atoms with E-state index >= 15 is 0 Å². The quantitative estimate of drug-likeness (QED) is 0.693. The monoisotopic (exact) mass is 449 g/mol. The zero-order valence-electron chi connectivity index (χ0n) is 18.4. The summed E-state index contributed by atoms with van der Waals surface area (Å²) >= 11 is 0. The molecule has 9 nitrogen and oxygen atoms in total. The SMILES string of the molecule is CC1=NN(c2ccc(C(=O)N3CCN(S(=O)(=O)N4C[C@@H](C)O[C@H](C)C4)CC3)cc2)CC1. The van der Waals surface area contributed by atoms with Crippen molar-refractivity contribution in [2.45, 2.75) is 39.4 Å². The highest BCUT2D eigenvalue weighted by Gasteiger charge is 2.37. The molecule has 31 heavy (non-hydrogen) atoms. The zero-order chi connectivity index (χ0) is 22.2. The number of hydrazone groups is 1. The van der Waals surface area contributed by atoms with Crippen molar-refractivity contribution >= 4 is 27.5 Å². The van der Waals surface area contributed by atoms with Crippen molar-refractivity contribution in [1.29, 1.82) is 0 Å². The number of carbonyl (C=O) groups is 1. The molecule has 0 N–H and O–H groups in total. The van der Waals surface area contributed by atoms with Crippen LogP contribution in [0.5, 0.6) is 0 Å². The van der Waals surface area contributed by atoms with Crippen molar-refractivity contribution in [2.24, 2.45) is 5.10 Å². The maximum atomic E-state index is 13.0. The van der Waals surface area contributed by atoms with Gasteiger partial charge in [0.25, 0.3) is 16.1 Å². The van der Waals surface area contributed by atoms with Crippen LogP contribution in [0.15, 0.2) is 29.4 Å². The number of benzene rings is 1. The van der Waals surface area contributed by atoms with Crippen LogP contribution in [-0.2, 0) is 14.9 Å². The van der Waals surface area contributed by atoms with Gasteiger partial charge in [0.1, 0.15) is 0 Å². The molecule has 3 aliphatic heterocycles. The fourth-order valence-electron chi connectivity index (χ4n) is 4.32. The smallest absolute Gasteiger partial charge is 0.282 e. The summed E-state index contributed by atoms with van der Waals surface area (Å²) in [5, 5.41) is 6.43. The van der Waals surface area contributed by atoms with Crippen molar-refractivity contribution in [2.75, 3.05) is 50.8 Å². The molecule has 0 radical (unpaired) electrons. The van der Waals surface area contributed by atoms with E-state index in [1.807, 2.05) is 50.0 Å². The second kappa shape index (κ2) is 8.85. The molecule has 0 aromatic heterocycles. The average molecular weight is 450 g/mol. The molecule has 3 heterocycles. The van der Waals surface area contributed by atoms with Crippen LogP contribution < -0.4 is 5.01 Å². The lowest BCUT2D eigenvalue weighted by molar-refractivity contribution is -0.0457. The predicted octanol–water partition coefficient (Wildman–Crippen LogP) is 1.38. The normalized spacial score (nSPS) is 26.2. The minimum absolute atomic E-state index is 0.0710. The first kappa shape index (κ1) is 22.2. The first-order chi connectivity index (χ1) is 14.7. The molecule has 1 amide bonds. The van der Waals surface area contributed by atoms with Gasteiger partial charge in [0.15, 0.2) is 0 Å². The molecule has 1 aromatic carbocycles. The summed E-state index contributed by atoms with van der Waals surface area (Å²) in [7, 11) is -3.55. The number of anilines is 1. The molecule has 2 saturated heterocycles. The molecule has 1 aromatic rings. The number of amides is 1. The molecule has 0 unspecified atom stereocenters. The number of nitrogens with zero attached hydrogens (tertiary/aromatic N) is 5. The zero-order valence-corrected chi connectivity index (χ0v) is 19.2. The van der Waals surface area contributed by atoms with Gasteiger partial charge in [-0.25, -0.2) is 0 Å². The highest BCUT2D eigenvalue weighted by molar-refractivity contribution is 7.86. The van der Waals surface area contributed by atoms with Crippen LogP contribution in [0.1, 0.15) is 37.6 Å². The molecule has 3 aliphatic rings. The summed E-state index contributed by atoms with van der Waals surface area (Å²) in [6.07, 6.45) is 0.704. The van der Waals surface area contributed by atoms with Gasteiger partial charge in [-0.15, -0.1) is 0 Å². The summed E-state index contributed by atoms with van der Waals surface area (Å²) < 4.78 is 34.7. The Morgan fingerprint density at radius 1 is 0.968 bits per heavy atom. The molecular weight excluding hydrogens is 418 g/mol. The molecule has 4 rings (SSSR count). The molecule has 170 valence electrons. The lowest BCUT2D eigenvalue weighted by Gasteiger charge is -2.40.